The van der Waals surface area contributed by atoms with E-state index in [2.05, 4.69) is 15.6 Å². The van der Waals surface area contributed by atoms with E-state index in [9.17, 15) is 18.0 Å². The van der Waals surface area contributed by atoms with E-state index in [0.29, 0.717) is 17.2 Å². The van der Waals surface area contributed by atoms with Gasteiger partial charge >= 0.3 is 0 Å². The van der Waals surface area contributed by atoms with E-state index < -0.39 is 30.8 Å². The van der Waals surface area contributed by atoms with Crippen molar-refractivity contribution in [2.24, 2.45) is 0 Å². The van der Waals surface area contributed by atoms with Crippen LogP contribution in [-0.2, 0) is 11.3 Å². The summed E-state index contributed by atoms with van der Waals surface area (Å²) < 4.78 is 44.7. The molecular formula is C17H16F3N3O2. The summed E-state index contributed by atoms with van der Waals surface area (Å²) in [6.07, 6.45) is 0.988. The summed E-state index contributed by atoms with van der Waals surface area (Å²) in [4.78, 5) is 16.0. The minimum Gasteiger partial charge on any atom is -0.457 e. The number of pyridine rings is 1. The second-order valence-corrected chi connectivity index (χ2v) is 5.75. The van der Waals surface area contributed by atoms with Gasteiger partial charge in [-0.1, -0.05) is 0 Å². The number of carbonyl (C=O) groups is 1. The third kappa shape index (κ3) is 4.69. The summed E-state index contributed by atoms with van der Waals surface area (Å²) in [6.45, 7) is -0.409. The molecule has 1 aromatic carbocycles. The summed E-state index contributed by atoms with van der Waals surface area (Å²) in [7, 11) is 0. The van der Waals surface area contributed by atoms with Crippen LogP contribution in [0.15, 0.2) is 42.6 Å². The molecule has 5 nitrogen and oxygen atoms in total. The van der Waals surface area contributed by atoms with Crippen LogP contribution in [0.5, 0.6) is 11.5 Å². The fourth-order valence-corrected chi connectivity index (χ4v) is 2.46. The first-order valence-electron chi connectivity index (χ1n) is 7.69. The Morgan fingerprint density at radius 3 is 2.72 bits per heavy atom. The molecule has 8 heteroatoms. The van der Waals surface area contributed by atoms with Gasteiger partial charge in [0.15, 0.2) is 0 Å². The molecule has 0 bridgehead atoms. The lowest BCUT2D eigenvalue weighted by Crippen LogP contribution is -2.40. The number of ether oxygens (including phenoxy) is 1. The third-order valence-electron chi connectivity index (χ3n) is 3.71. The van der Waals surface area contributed by atoms with Gasteiger partial charge in [-0.2, -0.15) is 0 Å². The highest BCUT2D eigenvalue weighted by Crippen LogP contribution is 2.25. The Labute approximate surface area is 142 Å². The van der Waals surface area contributed by atoms with Crippen molar-refractivity contribution in [2.75, 3.05) is 6.54 Å². The van der Waals surface area contributed by atoms with Gasteiger partial charge in [-0.15, -0.1) is 0 Å². The number of nitrogens with zero attached hydrogens (tertiary/aromatic N) is 1. The molecule has 2 heterocycles. The Balaban J connectivity index is 1.56. The van der Waals surface area contributed by atoms with Gasteiger partial charge in [-0.05, 0) is 30.3 Å². The third-order valence-corrected chi connectivity index (χ3v) is 3.71. The van der Waals surface area contributed by atoms with E-state index in [4.69, 9.17) is 4.74 Å². The number of rotatable bonds is 5. The molecule has 2 aromatic rings. The van der Waals surface area contributed by atoms with Crippen molar-refractivity contribution in [3.63, 3.8) is 0 Å². The van der Waals surface area contributed by atoms with Gasteiger partial charge in [-0.3, -0.25) is 15.1 Å². The second-order valence-electron chi connectivity index (χ2n) is 5.75. The average Bonchev–Trinajstić information content (AvgIpc) is 2.95. The van der Waals surface area contributed by atoms with Crippen molar-refractivity contribution >= 4 is 5.91 Å². The van der Waals surface area contributed by atoms with Crippen LogP contribution in [0.4, 0.5) is 13.2 Å². The summed E-state index contributed by atoms with van der Waals surface area (Å²) in [5.41, 5.74) is 0.512. The van der Waals surface area contributed by atoms with Crippen LogP contribution in [0, 0.1) is 5.82 Å². The fraction of sp³-hybridized carbons (Fsp3) is 0.294. The number of alkyl halides is 2. The predicted molar refractivity (Wildman–Crippen MR) is 83.9 cm³/mol. The summed E-state index contributed by atoms with van der Waals surface area (Å²) in [5, 5.41) is 5.07. The number of aromatic nitrogens is 1. The molecule has 1 aliphatic rings. The Bertz CT molecular complexity index is 753. The van der Waals surface area contributed by atoms with Gasteiger partial charge in [0, 0.05) is 18.7 Å². The first-order chi connectivity index (χ1) is 11.9. The van der Waals surface area contributed by atoms with Crippen molar-refractivity contribution in [3.05, 3.63) is 54.1 Å². The maximum absolute atomic E-state index is 13.1. The molecule has 132 valence electrons. The van der Waals surface area contributed by atoms with Crippen LogP contribution in [-0.4, -0.2) is 29.4 Å². The number of benzene rings is 1. The predicted octanol–water partition coefficient (Wildman–Crippen LogP) is 2.63. The molecule has 25 heavy (non-hydrogen) atoms. The maximum Gasteiger partial charge on any atom is 0.262 e. The Morgan fingerprint density at radius 1 is 1.28 bits per heavy atom. The number of hydrogen-bond acceptors (Lipinski definition) is 4. The molecule has 1 amide bonds. The minimum absolute atomic E-state index is 0.0865. The zero-order valence-electron chi connectivity index (χ0n) is 13.1. The average molecular weight is 351 g/mol. The van der Waals surface area contributed by atoms with E-state index in [1.165, 1.54) is 30.5 Å². The number of hydrogen-bond donors (Lipinski definition) is 2. The lowest BCUT2D eigenvalue weighted by Gasteiger charge is -2.11. The van der Waals surface area contributed by atoms with E-state index >= 15 is 0 Å². The Kier molecular flexibility index (Phi) is 4.89. The summed E-state index contributed by atoms with van der Waals surface area (Å²) in [5.74, 6) is -2.79. The van der Waals surface area contributed by atoms with Crippen LogP contribution in [0.2, 0.25) is 0 Å². The minimum atomic E-state index is -2.86. The van der Waals surface area contributed by atoms with Gasteiger partial charge in [-0.25, -0.2) is 13.2 Å². The van der Waals surface area contributed by atoms with Crippen LogP contribution in [0.25, 0.3) is 0 Å². The first kappa shape index (κ1) is 17.2. The molecule has 1 atom stereocenters. The Morgan fingerprint density at radius 2 is 2.04 bits per heavy atom. The van der Waals surface area contributed by atoms with Gasteiger partial charge in [0.2, 0.25) is 5.91 Å². The van der Waals surface area contributed by atoms with Crippen molar-refractivity contribution in [1.82, 2.24) is 15.6 Å². The Hall–Kier alpha value is -2.61. The van der Waals surface area contributed by atoms with Gasteiger partial charge in [0.05, 0.1) is 24.8 Å². The van der Waals surface area contributed by atoms with Crippen molar-refractivity contribution in [3.8, 4) is 11.5 Å². The van der Waals surface area contributed by atoms with Crippen molar-refractivity contribution in [2.45, 2.75) is 24.9 Å². The number of amides is 1. The number of halogens is 3. The molecule has 0 radical (unpaired) electrons. The second kappa shape index (κ2) is 7.10. The van der Waals surface area contributed by atoms with E-state index in [1.54, 1.807) is 12.1 Å². The van der Waals surface area contributed by atoms with E-state index in [1.807, 2.05) is 0 Å². The molecule has 0 saturated carbocycles. The standard InChI is InChI=1S/C17H16F3N3O2/c18-11-1-3-13(4-2-11)25-14-5-6-21-12(7-14)9-22-16(24)15-8-17(19,20)10-23-15/h1-7,15,23H,8-10H2,(H,22,24). The monoisotopic (exact) mass is 351 g/mol. The highest BCUT2D eigenvalue weighted by molar-refractivity contribution is 5.82. The normalized spacial score (nSPS) is 18.8. The molecule has 1 fully saturated rings. The highest BCUT2D eigenvalue weighted by atomic mass is 19.3. The van der Waals surface area contributed by atoms with Crippen LogP contribution in [0.1, 0.15) is 12.1 Å². The van der Waals surface area contributed by atoms with E-state index in [0.717, 1.165) is 0 Å². The maximum atomic E-state index is 13.1. The molecule has 3 rings (SSSR count). The SMILES string of the molecule is O=C(NCc1cc(Oc2ccc(F)cc2)ccn1)C1CC(F)(F)CN1. The highest BCUT2D eigenvalue weighted by Gasteiger charge is 2.42. The van der Waals surface area contributed by atoms with Crippen molar-refractivity contribution < 1.29 is 22.7 Å². The van der Waals surface area contributed by atoms with E-state index in [-0.39, 0.29) is 12.4 Å². The van der Waals surface area contributed by atoms with Crippen LogP contribution >= 0.6 is 0 Å². The molecule has 1 saturated heterocycles. The topological polar surface area (TPSA) is 63.2 Å². The molecule has 1 aromatic heterocycles. The van der Waals surface area contributed by atoms with Crippen LogP contribution in [0.3, 0.4) is 0 Å². The number of carbonyl (C=O) groups excluding carboxylic acids is 1. The summed E-state index contributed by atoms with van der Waals surface area (Å²) >= 11 is 0. The van der Waals surface area contributed by atoms with Gasteiger partial charge in [0.25, 0.3) is 5.92 Å². The van der Waals surface area contributed by atoms with Gasteiger partial charge < -0.3 is 10.1 Å². The lowest BCUT2D eigenvalue weighted by molar-refractivity contribution is -0.123. The lowest BCUT2D eigenvalue weighted by atomic mass is 10.2. The first-order valence-corrected chi connectivity index (χ1v) is 7.69. The molecule has 0 aliphatic carbocycles. The smallest absolute Gasteiger partial charge is 0.262 e. The van der Waals surface area contributed by atoms with Crippen molar-refractivity contribution in [1.29, 1.82) is 0 Å². The molecule has 1 unspecified atom stereocenters. The molecular weight excluding hydrogens is 335 g/mol. The van der Waals surface area contributed by atoms with Crippen LogP contribution < -0.4 is 15.4 Å². The van der Waals surface area contributed by atoms with Gasteiger partial charge in [0.1, 0.15) is 17.3 Å². The quantitative estimate of drug-likeness (QED) is 0.869. The number of nitrogens with one attached hydrogen (secondary N) is 2. The largest absolute Gasteiger partial charge is 0.457 e. The molecule has 0 spiro atoms. The summed E-state index contributed by atoms with van der Waals surface area (Å²) in [6, 6.07) is 7.86. The fourth-order valence-electron chi connectivity index (χ4n) is 2.46. The molecule has 2 N–H and O–H groups in total. The zero-order chi connectivity index (χ0) is 17.9. The zero-order valence-corrected chi connectivity index (χ0v) is 13.1. The molecule has 1 aliphatic heterocycles.